The van der Waals surface area contributed by atoms with Gasteiger partial charge in [0.25, 0.3) is 10.0 Å². The summed E-state index contributed by atoms with van der Waals surface area (Å²) in [6, 6.07) is 6.78. The molecule has 1 aromatic rings. The zero-order valence-electron chi connectivity index (χ0n) is 13.8. The topological polar surface area (TPSA) is 90.9 Å². The minimum Gasteiger partial charge on any atom is -0.358 e. The second kappa shape index (κ2) is 9.00. The van der Waals surface area contributed by atoms with Crippen molar-refractivity contribution in [2.75, 3.05) is 33.7 Å². The van der Waals surface area contributed by atoms with Crippen molar-refractivity contribution in [3.8, 4) is 0 Å². The minimum atomic E-state index is -3.60. The summed E-state index contributed by atoms with van der Waals surface area (Å²) in [7, 11) is 0.0197. The fourth-order valence-electron chi connectivity index (χ4n) is 2.36. The summed E-state index contributed by atoms with van der Waals surface area (Å²) in [5, 5.41) is 5.77. The number of fused-ring (bicyclic) bond motifs is 1. The van der Waals surface area contributed by atoms with E-state index < -0.39 is 10.0 Å². The molecule has 0 unspecified atom stereocenters. The summed E-state index contributed by atoms with van der Waals surface area (Å²) < 4.78 is 27.9. The van der Waals surface area contributed by atoms with Crippen LogP contribution in [0.3, 0.4) is 0 Å². The molecule has 0 aromatic heterocycles. The number of nitrogens with one attached hydrogen (secondary N) is 2. The molecule has 0 atom stereocenters. The maximum atomic E-state index is 12.0. The van der Waals surface area contributed by atoms with Crippen molar-refractivity contribution in [3.63, 3.8) is 0 Å². The molecule has 1 aliphatic heterocycles. The maximum Gasteiger partial charge on any atom is 0.285 e. The second-order valence-corrected chi connectivity index (χ2v) is 6.94. The van der Waals surface area contributed by atoms with Crippen LogP contribution in [0.15, 0.2) is 33.6 Å². The minimum absolute atomic E-state index is 0. The van der Waals surface area contributed by atoms with E-state index in [-0.39, 0.29) is 23.2 Å². The van der Waals surface area contributed by atoms with Gasteiger partial charge in [0.2, 0.25) is 5.91 Å². The van der Waals surface area contributed by atoms with E-state index in [4.69, 9.17) is 0 Å². The standard InChI is InChI=1S/C15H22N4O3S.ClH/c1-16-9-10-17-14(20)8-5-11-19(2)15-12-6-3-4-7-13(12)23(21,22)18-15;/h3-4,6-7,16H,5,8-11H2,1-2H3,(H,17,20);1H. The van der Waals surface area contributed by atoms with Gasteiger partial charge in [-0.1, -0.05) is 12.1 Å². The van der Waals surface area contributed by atoms with Crippen LogP contribution in [0.5, 0.6) is 0 Å². The molecule has 1 aromatic carbocycles. The fourth-order valence-corrected chi connectivity index (χ4v) is 3.61. The maximum absolute atomic E-state index is 12.0. The average molecular weight is 375 g/mol. The fraction of sp³-hybridized carbons (Fsp3) is 0.467. The van der Waals surface area contributed by atoms with Gasteiger partial charge in [0, 0.05) is 38.7 Å². The molecule has 1 heterocycles. The van der Waals surface area contributed by atoms with Crippen molar-refractivity contribution in [1.29, 1.82) is 0 Å². The number of amidine groups is 1. The first-order chi connectivity index (χ1) is 11.0. The molecule has 1 amide bonds. The van der Waals surface area contributed by atoms with Crippen LogP contribution in [0.1, 0.15) is 18.4 Å². The highest BCUT2D eigenvalue weighted by molar-refractivity contribution is 7.90. The Labute approximate surface area is 149 Å². The molecular weight excluding hydrogens is 352 g/mol. The summed E-state index contributed by atoms with van der Waals surface area (Å²) in [5.41, 5.74) is 0.619. The average Bonchev–Trinajstić information content (AvgIpc) is 2.80. The molecule has 0 saturated carbocycles. The Morgan fingerprint density at radius 1 is 1.25 bits per heavy atom. The lowest BCUT2D eigenvalue weighted by atomic mass is 10.2. The molecule has 9 heteroatoms. The van der Waals surface area contributed by atoms with Gasteiger partial charge in [-0.15, -0.1) is 16.8 Å². The molecule has 0 fully saturated rings. The predicted octanol–water partition coefficient (Wildman–Crippen LogP) is 0.605. The lowest BCUT2D eigenvalue weighted by molar-refractivity contribution is -0.121. The Morgan fingerprint density at radius 2 is 1.96 bits per heavy atom. The van der Waals surface area contributed by atoms with Crippen LogP contribution in [0.25, 0.3) is 0 Å². The molecule has 1 aliphatic rings. The highest BCUT2D eigenvalue weighted by Gasteiger charge is 2.30. The van der Waals surface area contributed by atoms with Crippen LogP contribution < -0.4 is 10.6 Å². The van der Waals surface area contributed by atoms with Crippen LogP contribution >= 0.6 is 12.4 Å². The lowest BCUT2D eigenvalue weighted by Gasteiger charge is -2.18. The third kappa shape index (κ3) is 4.93. The number of hydrogen-bond donors (Lipinski definition) is 2. The smallest absolute Gasteiger partial charge is 0.285 e. The Hall–Kier alpha value is -1.64. The normalized spacial score (nSPS) is 14.3. The van der Waals surface area contributed by atoms with Crippen LogP contribution in [-0.2, 0) is 14.8 Å². The summed E-state index contributed by atoms with van der Waals surface area (Å²) >= 11 is 0. The number of carbonyl (C=O) groups excluding carboxylic acids is 1. The van der Waals surface area contributed by atoms with E-state index in [1.54, 1.807) is 36.2 Å². The van der Waals surface area contributed by atoms with Crippen molar-refractivity contribution in [1.82, 2.24) is 15.5 Å². The molecule has 2 N–H and O–H groups in total. The number of halogens is 1. The van der Waals surface area contributed by atoms with Crippen LogP contribution in [0, 0.1) is 0 Å². The van der Waals surface area contributed by atoms with Gasteiger partial charge in [0.15, 0.2) is 0 Å². The molecule has 134 valence electrons. The van der Waals surface area contributed by atoms with Crippen molar-refractivity contribution in [2.24, 2.45) is 4.40 Å². The molecule has 0 saturated heterocycles. The van der Waals surface area contributed by atoms with Gasteiger partial charge in [-0.05, 0) is 25.6 Å². The van der Waals surface area contributed by atoms with E-state index in [9.17, 15) is 13.2 Å². The Morgan fingerprint density at radius 3 is 2.67 bits per heavy atom. The molecule has 7 nitrogen and oxygen atoms in total. The molecule has 0 spiro atoms. The van der Waals surface area contributed by atoms with Gasteiger partial charge in [-0.2, -0.15) is 8.42 Å². The first-order valence-electron chi connectivity index (χ1n) is 7.52. The molecule has 24 heavy (non-hydrogen) atoms. The summed E-state index contributed by atoms with van der Waals surface area (Å²) in [6.45, 7) is 1.89. The zero-order valence-corrected chi connectivity index (χ0v) is 15.4. The molecule has 0 aliphatic carbocycles. The second-order valence-electron chi connectivity index (χ2n) is 5.36. The first-order valence-corrected chi connectivity index (χ1v) is 8.96. The van der Waals surface area contributed by atoms with Crippen molar-refractivity contribution in [2.45, 2.75) is 17.7 Å². The van der Waals surface area contributed by atoms with Gasteiger partial charge in [0.1, 0.15) is 10.7 Å². The van der Waals surface area contributed by atoms with Gasteiger partial charge >= 0.3 is 0 Å². The van der Waals surface area contributed by atoms with E-state index in [2.05, 4.69) is 15.0 Å². The Balaban J connectivity index is 0.00000288. The number of sulfonamides is 1. The van der Waals surface area contributed by atoms with E-state index in [1.807, 2.05) is 7.05 Å². The van der Waals surface area contributed by atoms with Crippen LogP contribution in [-0.4, -0.2) is 58.8 Å². The largest absolute Gasteiger partial charge is 0.358 e. The summed E-state index contributed by atoms with van der Waals surface area (Å²) in [6.07, 6.45) is 1.03. The monoisotopic (exact) mass is 374 g/mol. The Bertz CT molecular complexity index is 706. The third-order valence-electron chi connectivity index (χ3n) is 3.57. The van der Waals surface area contributed by atoms with Gasteiger partial charge < -0.3 is 15.5 Å². The SMILES string of the molecule is CNCCNC(=O)CCCN(C)C1=NS(=O)(=O)c2ccccc21.Cl. The van der Waals surface area contributed by atoms with Crippen LogP contribution in [0.2, 0.25) is 0 Å². The predicted molar refractivity (Wildman–Crippen MR) is 96.2 cm³/mol. The van der Waals surface area contributed by atoms with Crippen molar-refractivity contribution in [3.05, 3.63) is 29.8 Å². The number of nitrogens with zero attached hydrogens (tertiary/aromatic N) is 2. The molecule has 0 radical (unpaired) electrons. The van der Waals surface area contributed by atoms with Gasteiger partial charge in [-0.25, -0.2) is 0 Å². The van der Waals surface area contributed by atoms with Gasteiger partial charge in [0.05, 0.1) is 0 Å². The number of amides is 1. The first kappa shape index (κ1) is 20.4. The number of hydrogen-bond acceptors (Lipinski definition) is 5. The van der Waals surface area contributed by atoms with Crippen molar-refractivity contribution >= 4 is 34.2 Å². The summed E-state index contributed by atoms with van der Waals surface area (Å²) in [4.78, 5) is 13.7. The molecule has 2 rings (SSSR count). The van der Waals surface area contributed by atoms with Crippen LogP contribution in [0.4, 0.5) is 0 Å². The molecule has 0 bridgehead atoms. The molecular formula is C15H23ClN4O3S. The highest BCUT2D eigenvalue weighted by atomic mass is 35.5. The zero-order chi connectivity index (χ0) is 16.9. The Kier molecular flexibility index (Phi) is 7.65. The number of rotatable bonds is 7. The third-order valence-corrected chi connectivity index (χ3v) is 4.89. The quantitative estimate of drug-likeness (QED) is 0.682. The van der Waals surface area contributed by atoms with E-state index >= 15 is 0 Å². The lowest BCUT2D eigenvalue weighted by Crippen LogP contribution is -2.32. The number of benzene rings is 1. The highest BCUT2D eigenvalue weighted by Crippen LogP contribution is 2.26. The number of carbonyl (C=O) groups is 1. The summed E-state index contributed by atoms with van der Waals surface area (Å²) in [5.74, 6) is 0.436. The van der Waals surface area contributed by atoms with Gasteiger partial charge in [-0.3, -0.25) is 4.79 Å². The number of likely N-dealkylation sites (N-methyl/N-ethyl adjacent to an activating group) is 1. The van der Waals surface area contributed by atoms with Crippen molar-refractivity contribution < 1.29 is 13.2 Å². The van der Waals surface area contributed by atoms with E-state index in [0.717, 1.165) is 6.54 Å². The van der Waals surface area contributed by atoms with E-state index in [0.29, 0.717) is 37.3 Å². The van der Waals surface area contributed by atoms with E-state index in [1.165, 1.54) is 0 Å².